The minimum absolute atomic E-state index is 0.668. The van der Waals surface area contributed by atoms with Crippen molar-refractivity contribution in [3.63, 3.8) is 0 Å². The summed E-state index contributed by atoms with van der Waals surface area (Å²) in [6.07, 6.45) is 8.63. The van der Waals surface area contributed by atoms with E-state index < -0.39 is 0 Å². The molecule has 0 atom stereocenters. The number of hydrogen-bond donors (Lipinski definition) is 0. The van der Waals surface area contributed by atoms with Gasteiger partial charge in [0.15, 0.2) is 0 Å². The number of para-hydroxylation sites is 1. The second-order valence-electron chi connectivity index (χ2n) is 8.14. The van der Waals surface area contributed by atoms with Gasteiger partial charge in [-0.1, -0.05) is 36.4 Å². The molecule has 0 bridgehead atoms. The van der Waals surface area contributed by atoms with Crippen molar-refractivity contribution in [1.82, 2.24) is 30.1 Å². The fourth-order valence-electron chi connectivity index (χ4n) is 4.49. The summed E-state index contributed by atoms with van der Waals surface area (Å²) in [5, 5.41) is 11.7. The Bertz CT molecular complexity index is 1640. The molecule has 4 heterocycles. The predicted molar refractivity (Wildman–Crippen MR) is 129 cm³/mol. The quantitative estimate of drug-likeness (QED) is 0.393. The van der Waals surface area contributed by atoms with Gasteiger partial charge in [0.1, 0.15) is 6.33 Å². The summed E-state index contributed by atoms with van der Waals surface area (Å²) >= 11 is 0. The number of pyridine rings is 2. The molecule has 0 N–H and O–H groups in total. The van der Waals surface area contributed by atoms with E-state index >= 15 is 0 Å². The molecule has 0 fully saturated rings. The van der Waals surface area contributed by atoms with E-state index in [9.17, 15) is 0 Å². The summed E-state index contributed by atoms with van der Waals surface area (Å²) in [4.78, 5) is 18.4. The van der Waals surface area contributed by atoms with Crippen molar-refractivity contribution >= 4 is 32.7 Å². The van der Waals surface area contributed by atoms with Gasteiger partial charge in [-0.2, -0.15) is 10.2 Å². The van der Waals surface area contributed by atoms with Gasteiger partial charge >= 0.3 is 0 Å². The second kappa shape index (κ2) is 7.98. The van der Waals surface area contributed by atoms with Gasteiger partial charge in [0.2, 0.25) is 0 Å². The third-order valence-corrected chi connectivity index (χ3v) is 6.14. The van der Waals surface area contributed by atoms with Gasteiger partial charge in [0.05, 0.1) is 34.1 Å². The maximum atomic E-state index is 4.72. The van der Waals surface area contributed by atoms with Crippen molar-refractivity contribution in [1.29, 1.82) is 0 Å². The van der Waals surface area contributed by atoms with E-state index in [0.29, 0.717) is 6.42 Å². The number of fused-ring (bicyclic) bond motifs is 3. The van der Waals surface area contributed by atoms with Crippen LogP contribution in [-0.4, -0.2) is 30.1 Å². The third kappa shape index (κ3) is 3.46. The highest BCUT2D eigenvalue weighted by atomic mass is 15.1. The SMILES string of the molecule is Cc1nncc2c(Cc3ccnc4c(Cc5ncnc6ccccc56)ccnc34)cccc12. The van der Waals surface area contributed by atoms with E-state index in [1.807, 2.05) is 49.8 Å². The Morgan fingerprint density at radius 1 is 0.636 bits per heavy atom. The van der Waals surface area contributed by atoms with Gasteiger partial charge in [-0.05, 0) is 41.8 Å². The maximum Gasteiger partial charge on any atom is 0.116 e. The van der Waals surface area contributed by atoms with Crippen LogP contribution >= 0.6 is 0 Å². The highest BCUT2D eigenvalue weighted by Gasteiger charge is 2.13. The van der Waals surface area contributed by atoms with Crippen molar-refractivity contribution in [2.45, 2.75) is 19.8 Å². The molecule has 0 aliphatic heterocycles. The molecule has 0 radical (unpaired) electrons. The summed E-state index contributed by atoms with van der Waals surface area (Å²) in [5.74, 6) is 0. The van der Waals surface area contributed by atoms with Crippen LogP contribution < -0.4 is 0 Å². The van der Waals surface area contributed by atoms with Crippen LogP contribution in [0.5, 0.6) is 0 Å². The first kappa shape index (κ1) is 19.4. The topological polar surface area (TPSA) is 77.3 Å². The molecule has 4 aromatic heterocycles. The zero-order chi connectivity index (χ0) is 22.2. The van der Waals surface area contributed by atoms with E-state index in [1.165, 1.54) is 5.56 Å². The highest BCUT2D eigenvalue weighted by Crippen LogP contribution is 2.27. The Balaban J connectivity index is 1.44. The predicted octanol–water partition coefficient (Wildman–Crippen LogP) is 5.01. The van der Waals surface area contributed by atoms with Crippen molar-refractivity contribution in [3.05, 3.63) is 108 Å². The lowest BCUT2D eigenvalue weighted by atomic mass is 9.97. The zero-order valence-electron chi connectivity index (χ0n) is 18.1. The van der Waals surface area contributed by atoms with Crippen molar-refractivity contribution < 1.29 is 0 Å². The molecule has 0 saturated heterocycles. The average Bonchev–Trinajstić information content (AvgIpc) is 2.85. The molecule has 0 aliphatic carbocycles. The molecular formula is C27H20N6. The molecule has 0 spiro atoms. The summed E-state index contributed by atoms with van der Waals surface area (Å²) < 4.78 is 0. The molecular weight excluding hydrogens is 408 g/mol. The lowest BCUT2D eigenvalue weighted by molar-refractivity contribution is 0.999. The van der Waals surface area contributed by atoms with E-state index in [2.05, 4.69) is 50.5 Å². The van der Waals surface area contributed by atoms with E-state index in [-0.39, 0.29) is 0 Å². The lowest BCUT2D eigenvalue weighted by Gasteiger charge is -2.11. The second-order valence-corrected chi connectivity index (χ2v) is 8.14. The van der Waals surface area contributed by atoms with Crippen LogP contribution in [0.2, 0.25) is 0 Å². The van der Waals surface area contributed by atoms with Crippen molar-refractivity contribution in [2.24, 2.45) is 0 Å². The number of hydrogen-bond acceptors (Lipinski definition) is 6. The fourth-order valence-corrected chi connectivity index (χ4v) is 4.49. The number of nitrogens with zero attached hydrogens (tertiary/aromatic N) is 6. The Morgan fingerprint density at radius 2 is 1.39 bits per heavy atom. The largest absolute Gasteiger partial charge is 0.254 e. The molecule has 6 nitrogen and oxygen atoms in total. The van der Waals surface area contributed by atoms with Crippen LogP contribution in [0.25, 0.3) is 32.7 Å². The number of aryl methyl sites for hydroxylation is 1. The Hall–Kier alpha value is -4.32. The van der Waals surface area contributed by atoms with Crippen LogP contribution in [0.4, 0.5) is 0 Å². The van der Waals surface area contributed by atoms with Gasteiger partial charge in [-0.3, -0.25) is 9.97 Å². The minimum Gasteiger partial charge on any atom is -0.254 e. The highest BCUT2D eigenvalue weighted by molar-refractivity contribution is 5.88. The normalized spacial score (nSPS) is 11.4. The molecule has 0 amide bonds. The van der Waals surface area contributed by atoms with E-state index in [0.717, 1.165) is 61.6 Å². The summed E-state index contributed by atoms with van der Waals surface area (Å²) in [5.41, 5.74) is 8.14. The summed E-state index contributed by atoms with van der Waals surface area (Å²) in [7, 11) is 0. The van der Waals surface area contributed by atoms with Gasteiger partial charge in [-0.25, -0.2) is 9.97 Å². The summed E-state index contributed by atoms with van der Waals surface area (Å²) in [6.45, 7) is 1.99. The molecule has 0 unspecified atom stereocenters. The smallest absolute Gasteiger partial charge is 0.116 e. The van der Waals surface area contributed by atoms with Gasteiger partial charge in [0.25, 0.3) is 0 Å². The van der Waals surface area contributed by atoms with Gasteiger partial charge in [0, 0.05) is 41.4 Å². The zero-order valence-corrected chi connectivity index (χ0v) is 18.1. The molecule has 158 valence electrons. The first-order valence-electron chi connectivity index (χ1n) is 10.9. The van der Waals surface area contributed by atoms with E-state index in [1.54, 1.807) is 6.33 Å². The first-order chi connectivity index (χ1) is 16.3. The van der Waals surface area contributed by atoms with Crippen LogP contribution in [0, 0.1) is 6.92 Å². The van der Waals surface area contributed by atoms with Gasteiger partial charge in [-0.15, -0.1) is 0 Å². The molecule has 0 saturated carbocycles. The fraction of sp³-hybridized carbons (Fsp3) is 0.111. The third-order valence-electron chi connectivity index (χ3n) is 6.14. The van der Waals surface area contributed by atoms with Crippen LogP contribution in [0.1, 0.15) is 28.1 Å². The maximum absolute atomic E-state index is 4.72. The molecule has 0 aliphatic rings. The van der Waals surface area contributed by atoms with Crippen LogP contribution in [0.3, 0.4) is 0 Å². The van der Waals surface area contributed by atoms with Gasteiger partial charge < -0.3 is 0 Å². The van der Waals surface area contributed by atoms with Crippen LogP contribution in [-0.2, 0) is 12.8 Å². The Morgan fingerprint density at radius 3 is 2.24 bits per heavy atom. The summed E-state index contributed by atoms with van der Waals surface area (Å²) in [6, 6.07) is 18.5. The number of aromatic nitrogens is 6. The standard InChI is InChI=1S/C27H20N6/c1-17-21-7-4-5-18(23(21)15-32-33-17)13-19-9-11-29-27-20(10-12-28-26(19)27)14-25-22-6-2-3-8-24(22)30-16-31-25/h2-12,15-16H,13-14H2,1H3. The number of rotatable bonds is 4. The monoisotopic (exact) mass is 428 g/mol. The molecule has 33 heavy (non-hydrogen) atoms. The Kier molecular flexibility index (Phi) is 4.69. The first-order valence-corrected chi connectivity index (χ1v) is 10.9. The lowest BCUT2D eigenvalue weighted by Crippen LogP contribution is -2.00. The molecule has 2 aromatic carbocycles. The molecule has 6 aromatic rings. The average molecular weight is 428 g/mol. The van der Waals surface area contributed by atoms with Crippen molar-refractivity contribution in [3.8, 4) is 0 Å². The van der Waals surface area contributed by atoms with E-state index in [4.69, 9.17) is 9.97 Å². The van der Waals surface area contributed by atoms with Crippen LogP contribution in [0.15, 0.2) is 79.5 Å². The molecule has 6 heteroatoms. The Labute approximate surface area is 190 Å². The minimum atomic E-state index is 0.668. The number of benzene rings is 2. The van der Waals surface area contributed by atoms with Crippen molar-refractivity contribution in [2.75, 3.05) is 0 Å². The molecule has 6 rings (SSSR count).